The standard InChI is InChI=1S/C10H16N2O2/c1-3-4-5-6-7-9(2)14-10(13)8-12-11/h6-9H,3-5H2,1-2H3/b7-6+/t9-/m0/s1. The van der Waals surface area contributed by atoms with Crippen LogP contribution in [0.25, 0.3) is 5.53 Å². The van der Waals surface area contributed by atoms with Crippen molar-refractivity contribution in [2.45, 2.75) is 39.2 Å². The number of esters is 1. The van der Waals surface area contributed by atoms with Crippen LogP contribution in [0.4, 0.5) is 0 Å². The van der Waals surface area contributed by atoms with Crippen LogP contribution in [0.5, 0.6) is 0 Å². The van der Waals surface area contributed by atoms with Gasteiger partial charge >= 0.3 is 12.2 Å². The Bertz CT molecular complexity index is 243. The van der Waals surface area contributed by atoms with Crippen LogP contribution in [0, 0.1) is 0 Å². The molecule has 0 bridgehead atoms. The van der Waals surface area contributed by atoms with E-state index >= 15 is 0 Å². The van der Waals surface area contributed by atoms with E-state index in [4.69, 9.17) is 10.3 Å². The summed E-state index contributed by atoms with van der Waals surface area (Å²) in [6, 6.07) is 0. The molecule has 14 heavy (non-hydrogen) atoms. The summed E-state index contributed by atoms with van der Waals surface area (Å²) in [4.78, 5) is 13.4. The molecular formula is C10H16N2O2. The third-order valence-corrected chi connectivity index (χ3v) is 1.60. The van der Waals surface area contributed by atoms with Gasteiger partial charge in [-0.15, -0.1) is 0 Å². The molecule has 0 radical (unpaired) electrons. The molecule has 0 spiro atoms. The van der Waals surface area contributed by atoms with Gasteiger partial charge in [-0.1, -0.05) is 25.8 Å². The van der Waals surface area contributed by atoms with Gasteiger partial charge in [-0.05, 0) is 19.4 Å². The Morgan fingerprint density at radius 3 is 2.93 bits per heavy atom. The van der Waals surface area contributed by atoms with Gasteiger partial charge in [0, 0.05) is 0 Å². The molecule has 0 N–H and O–H groups in total. The Labute approximate surface area is 84.2 Å². The highest BCUT2D eigenvalue weighted by molar-refractivity contribution is 6.20. The van der Waals surface area contributed by atoms with Crippen molar-refractivity contribution >= 4 is 12.2 Å². The number of carbonyl (C=O) groups is 1. The smallest absolute Gasteiger partial charge is 0.414 e. The number of hydrogen-bond donors (Lipinski definition) is 0. The van der Waals surface area contributed by atoms with Crippen LogP contribution in [0.3, 0.4) is 0 Å². The minimum atomic E-state index is -0.639. The number of nitrogens with zero attached hydrogens (tertiary/aromatic N) is 2. The monoisotopic (exact) mass is 196 g/mol. The van der Waals surface area contributed by atoms with Gasteiger partial charge in [-0.3, -0.25) is 0 Å². The lowest BCUT2D eigenvalue weighted by molar-refractivity contribution is -0.141. The fourth-order valence-electron chi connectivity index (χ4n) is 0.910. The summed E-state index contributed by atoms with van der Waals surface area (Å²) < 4.78 is 4.84. The maximum absolute atomic E-state index is 10.8. The third-order valence-electron chi connectivity index (χ3n) is 1.60. The van der Waals surface area contributed by atoms with Crippen molar-refractivity contribution in [3.63, 3.8) is 0 Å². The SMILES string of the molecule is CCCC/C=C/[C@H](C)OC(=O)C=[N+]=[N-]. The van der Waals surface area contributed by atoms with E-state index in [1.807, 2.05) is 12.2 Å². The van der Waals surface area contributed by atoms with Crippen molar-refractivity contribution in [2.24, 2.45) is 0 Å². The van der Waals surface area contributed by atoms with Crippen LogP contribution in [-0.4, -0.2) is 23.1 Å². The highest BCUT2D eigenvalue weighted by atomic mass is 16.5. The maximum atomic E-state index is 10.8. The summed E-state index contributed by atoms with van der Waals surface area (Å²) in [6.45, 7) is 3.88. The number of carbonyl (C=O) groups excluding carboxylic acids is 1. The molecule has 4 heteroatoms. The Kier molecular flexibility index (Phi) is 7.37. The Balaban J connectivity index is 3.73. The van der Waals surface area contributed by atoms with Crippen LogP contribution in [0.15, 0.2) is 12.2 Å². The van der Waals surface area contributed by atoms with Crippen molar-refractivity contribution in [1.82, 2.24) is 0 Å². The van der Waals surface area contributed by atoms with Gasteiger partial charge in [0.05, 0.1) is 0 Å². The first-order chi connectivity index (χ1) is 6.70. The van der Waals surface area contributed by atoms with Gasteiger partial charge in [0.2, 0.25) is 0 Å². The maximum Gasteiger partial charge on any atom is 0.414 e. The molecule has 0 saturated carbocycles. The van der Waals surface area contributed by atoms with Gasteiger partial charge in [-0.25, -0.2) is 4.79 Å². The van der Waals surface area contributed by atoms with Crippen molar-refractivity contribution in [3.8, 4) is 0 Å². The molecule has 0 aliphatic carbocycles. The summed E-state index contributed by atoms with van der Waals surface area (Å²) >= 11 is 0. The highest BCUT2D eigenvalue weighted by Gasteiger charge is 2.06. The molecule has 0 amide bonds. The molecule has 0 aliphatic heterocycles. The number of allylic oxidation sites excluding steroid dienone is 1. The van der Waals surface area contributed by atoms with E-state index in [2.05, 4.69) is 11.7 Å². The zero-order valence-electron chi connectivity index (χ0n) is 8.64. The lowest BCUT2D eigenvalue weighted by Gasteiger charge is -2.03. The molecule has 0 heterocycles. The zero-order chi connectivity index (χ0) is 10.8. The molecule has 0 unspecified atom stereocenters. The average Bonchev–Trinajstić information content (AvgIpc) is 2.13. The van der Waals surface area contributed by atoms with E-state index in [0.717, 1.165) is 25.5 Å². The molecule has 78 valence electrons. The third kappa shape index (κ3) is 7.25. The van der Waals surface area contributed by atoms with E-state index in [0.29, 0.717) is 0 Å². The van der Waals surface area contributed by atoms with E-state index < -0.39 is 5.97 Å². The first kappa shape index (κ1) is 12.6. The normalized spacial score (nSPS) is 12.1. The fourth-order valence-corrected chi connectivity index (χ4v) is 0.910. The van der Waals surface area contributed by atoms with E-state index in [1.54, 1.807) is 6.92 Å². The molecule has 1 atom stereocenters. The second kappa shape index (κ2) is 8.20. The number of unbranched alkanes of at least 4 members (excludes halogenated alkanes) is 2. The topological polar surface area (TPSA) is 62.7 Å². The van der Waals surface area contributed by atoms with Crippen LogP contribution >= 0.6 is 0 Å². The van der Waals surface area contributed by atoms with Crippen LogP contribution in [0.2, 0.25) is 0 Å². The van der Waals surface area contributed by atoms with E-state index in [-0.39, 0.29) is 6.10 Å². The second-order valence-corrected chi connectivity index (χ2v) is 2.96. The molecule has 0 aromatic carbocycles. The largest absolute Gasteiger partial charge is 0.450 e. The molecule has 0 aliphatic rings. The molecule has 4 nitrogen and oxygen atoms in total. The van der Waals surface area contributed by atoms with Crippen LogP contribution in [0.1, 0.15) is 33.1 Å². The summed E-state index contributed by atoms with van der Waals surface area (Å²) in [7, 11) is 0. The first-order valence-electron chi connectivity index (χ1n) is 4.75. The van der Waals surface area contributed by atoms with Gasteiger partial charge < -0.3 is 10.3 Å². The fraction of sp³-hybridized carbons (Fsp3) is 0.600. The van der Waals surface area contributed by atoms with Crippen molar-refractivity contribution in [1.29, 1.82) is 0 Å². The summed E-state index contributed by atoms with van der Waals surface area (Å²) in [6.07, 6.45) is 7.53. The van der Waals surface area contributed by atoms with Crippen LogP contribution < -0.4 is 0 Å². The second-order valence-electron chi connectivity index (χ2n) is 2.96. The van der Waals surface area contributed by atoms with Gasteiger partial charge in [0.25, 0.3) is 0 Å². The van der Waals surface area contributed by atoms with Crippen molar-refractivity contribution in [2.75, 3.05) is 0 Å². The van der Waals surface area contributed by atoms with Crippen molar-refractivity contribution < 1.29 is 14.3 Å². The Morgan fingerprint density at radius 2 is 2.36 bits per heavy atom. The highest BCUT2D eigenvalue weighted by Crippen LogP contribution is 1.98. The quantitative estimate of drug-likeness (QED) is 0.163. The summed E-state index contributed by atoms with van der Waals surface area (Å²) in [5.41, 5.74) is 8.05. The van der Waals surface area contributed by atoms with Crippen LogP contribution in [-0.2, 0) is 9.53 Å². The number of rotatable bonds is 6. The van der Waals surface area contributed by atoms with E-state index in [1.165, 1.54) is 0 Å². The van der Waals surface area contributed by atoms with Crippen molar-refractivity contribution in [3.05, 3.63) is 17.7 Å². The summed E-state index contributed by atoms with van der Waals surface area (Å²) in [5, 5.41) is 0. The Hall–Kier alpha value is -1.41. The lowest BCUT2D eigenvalue weighted by Crippen LogP contribution is -2.13. The summed E-state index contributed by atoms with van der Waals surface area (Å²) in [5.74, 6) is -0.639. The van der Waals surface area contributed by atoms with Gasteiger partial charge in [-0.2, -0.15) is 4.79 Å². The van der Waals surface area contributed by atoms with Gasteiger partial charge in [0.1, 0.15) is 6.10 Å². The predicted molar refractivity (Wildman–Crippen MR) is 53.9 cm³/mol. The van der Waals surface area contributed by atoms with Gasteiger partial charge in [0.15, 0.2) is 0 Å². The minimum Gasteiger partial charge on any atom is -0.450 e. The first-order valence-corrected chi connectivity index (χ1v) is 4.75. The number of hydrogen-bond acceptors (Lipinski definition) is 2. The number of ether oxygens (including phenoxy) is 1. The molecule has 0 rings (SSSR count). The molecule has 0 saturated heterocycles. The predicted octanol–water partition coefficient (Wildman–Crippen LogP) is 1.97. The molecular weight excluding hydrogens is 180 g/mol. The minimum absolute atomic E-state index is 0.280. The molecule has 0 aromatic heterocycles. The zero-order valence-corrected chi connectivity index (χ0v) is 8.64. The molecule has 0 fully saturated rings. The molecule has 0 aromatic rings. The van der Waals surface area contributed by atoms with E-state index in [9.17, 15) is 4.79 Å². The lowest BCUT2D eigenvalue weighted by atomic mass is 10.2. The average molecular weight is 196 g/mol. The Morgan fingerprint density at radius 1 is 1.64 bits per heavy atom.